The van der Waals surface area contributed by atoms with Crippen molar-refractivity contribution in [2.45, 2.75) is 58.7 Å². The van der Waals surface area contributed by atoms with Crippen LogP contribution in [0.1, 0.15) is 52.2 Å². The van der Waals surface area contributed by atoms with Crippen LogP contribution in [0.25, 0.3) is 0 Å². The summed E-state index contributed by atoms with van der Waals surface area (Å²) in [6, 6.07) is 16.3. The molecule has 0 saturated carbocycles. The molecule has 0 aliphatic carbocycles. The van der Waals surface area contributed by atoms with Gasteiger partial charge in [-0.2, -0.15) is 0 Å². The van der Waals surface area contributed by atoms with Gasteiger partial charge in [-0.05, 0) is 61.6 Å². The van der Waals surface area contributed by atoms with Crippen LogP contribution in [-0.4, -0.2) is 35.6 Å². The highest BCUT2D eigenvalue weighted by Crippen LogP contribution is 2.39. The normalized spacial score (nSPS) is 15.7. The average molecular weight is 387 g/mol. The molecule has 2 atom stereocenters. The van der Waals surface area contributed by atoms with Crippen molar-refractivity contribution in [1.82, 2.24) is 0 Å². The molecule has 154 valence electrons. The van der Waals surface area contributed by atoms with Crippen LogP contribution in [-0.2, 0) is 5.41 Å². The first-order chi connectivity index (χ1) is 13.2. The van der Waals surface area contributed by atoms with Gasteiger partial charge in [0, 0.05) is 5.41 Å². The molecule has 2 aromatic rings. The monoisotopic (exact) mass is 386 g/mol. The summed E-state index contributed by atoms with van der Waals surface area (Å²) in [5, 5.41) is 18.8. The quantitative estimate of drug-likeness (QED) is 0.628. The van der Waals surface area contributed by atoms with Crippen molar-refractivity contribution >= 4 is 0 Å². The fourth-order valence-corrected chi connectivity index (χ4v) is 3.49. The predicted molar refractivity (Wildman–Crippen MR) is 113 cm³/mol. The fourth-order valence-electron chi connectivity index (χ4n) is 3.49. The summed E-state index contributed by atoms with van der Waals surface area (Å²) in [4.78, 5) is 0. The molecule has 0 aliphatic heterocycles. The average Bonchev–Trinajstić information content (AvgIpc) is 2.65. The van der Waals surface area contributed by atoms with Crippen LogP contribution in [0.2, 0.25) is 0 Å². The zero-order valence-corrected chi connectivity index (χ0v) is 17.7. The van der Waals surface area contributed by atoms with Gasteiger partial charge in [-0.25, -0.2) is 0 Å². The van der Waals surface area contributed by atoms with Crippen LogP contribution in [0.3, 0.4) is 0 Å². The number of hydrogen-bond acceptors (Lipinski definition) is 4. The highest BCUT2D eigenvalue weighted by molar-refractivity contribution is 5.42. The Balaban J connectivity index is 2.25. The fraction of sp³-hybridized carbons (Fsp3) is 0.500. The number of aliphatic hydroxyl groups is 2. The van der Waals surface area contributed by atoms with Crippen molar-refractivity contribution in [3.05, 3.63) is 59.7 Å². The second-order valence-corrected chi connectivity index (χ2v) is 8.30. The van der Waals surface area contributed by atoms with Crippen LogP contribution in [0.4, 0.5) is 0 Å². The molecular weight excluding hydrogens is 352 g/mol. The summed E-state index contributed by atoms with van der Waals surface area (Å²) in [7, 11) is 0. The Morgan fingerprint density at radius 3 is 1.36 bits per heavy atom. The minimum absolute atomic E-state index is 0.139. The Morgan fingerprint density at radius 1 is 0.714 bits per heavy atom. The molecule has 2 rings (SSSR count). The van der Waals surface area contributed by atoms with Gasteiger partial charge in [0.2, 0.25) is 0 Å². The Hall–Kier alpha value is -2.04. The lowest BCUT2D eigenvalue weighted by atomic mass is 9.71. The van der Waals surface area contributed by atoms with Crippen LogP contribution >= 0.6 is 0 Å². The standard InChI is InChI=1S/C24H34O4/c1-17(2)14-24(5,20-6-10-22(11-7-20)27-15-18(3)25)21-8-12-23(13-9-21)28-16-19(4)26/h6-13,17-19,25-26H,14-16H2,1-5H3. The molecule has 0 saturated heterocycles. The number of ether oxygens (including phenoxy) is 2. The third-order valence-electron chi connectivity index (χ3n) is 4.78. The molecule has 0 fully saturated rings. The number of hydrogen-bond donors (Lipinski definition) is 2. The van der Waals surface area contributed by atoms with Gasteiger partial charge in [-0.1, -0.05) is 45.0 Å². The first kappa shape index (κ1) is 22.3. The molecule has 0 amide bonds. The predicted octanol–water partition coefficient (Wildman–Crippen LogP) is 4.56. The van der Waals surface area contributed by atoms with Crippen LogP contribution < -0.4 is 9.47 Å². The minimum atomic E-state index is -0.486. The van der Waals surface area contributed by atoms with Gasteiger partial charge in [0.25, 0.3) is 0 Å². The van der Waals surface area contributed by atoms with Gasteiger partial charge >= 0.3 is 0 Å². The maximum atomic E-state index is 9.39. The zero-order chi connectivity index (χ0) is 20.7. The van der Waals surface area contributed by atoms with E-state index in [9.17, 15) is 10.2 Å². The summed E-state index contributed by atoms with van der Waals surface area (Å²) in [6.07, 6.45) is 0.0373. The van der Waals surface area contributed by atoms with Crippen LogP contribution in [0, 0.1) is 5.92 Å². The van der Waals surface area contributed by atoms with Crippen molar-refractivity contribution in [1.29, 1.82) is 0 Å². The molecule has 0 radical (unpaired) electrons. The van der Waals surface area contributed by atoms with Gasteiger partial charge in [-0.15, -0.1) is 0 Å². The summed E-state index contributed by atoms with van der Waals surface area (Å²) >= 11 is 0. The largest absolute Gasteiger partial charge is 0.491 e. The van der Waals surface area contributed by atoms with Crippen molar-refractivity contribution < 1.29 is 19.7 Å². The first-order valence-corrected chi connectivity index (χ1v) is 10.0. The SMILES string of the molecule is CC(C)CC(C)(c1ccc(OCC(C)O)cc1)c1ccc(OCC(C)O)cc1. The first-order valence-electron chi connectivity index (χ1n) is 10.0. The number of aliphatic hydroxyl groups excluding tert-OH is 2. The van der Waals surface area contributed by atoms with Crippen molar-refractivity contribution in [3.8, 4) is 11.5 Å². The van der Waals surface area contributed by atoms with E-state index in [1.54, 1.807) is 13.8 Å². The van der Waals surface area contributed by atoms with E-state index in [2.05, 4.69) is 45.0 Å². The molecule has 2 N–H and O–H groups in total. The van der Waals surface area contributed by atoms with Gasteiger partial charge < -0.3 is 19.7 Å². The van der Waals surface area contributed by atoms with Gasteiger partial charge in [0.1, 0.15) is 24.7 Å². The Bertz CT molecular complexity index is 647. The van der Waals surface area contributed by atoms with E-state index in [1.807, 2.05) is 24.3 Å². The Morgan fingerprint density at radius 2 is 1.07 bits per heavy atom. The van der Waals surface area contributed by atoms with E-state index in [-0.39, 0.29) is 18.6 Å². The lowest BCUT2D eigenvalue weighted by molar-refractivity contribution is 0.122. The van der Waals surface area contributed by atoms with E-state index in [1.165, 1.54) is 11.1 Å². The molecule has 2 unspecified atom stereocenters. The van der Waals surface area contributed by atoms with E-state index < -0.39 is 12.2 Å². The van der Waals surface area contributed by atoms with Gasteiger partial charge in [0.05, 0.1) is 12.2 Å². The lowest BCUT2D eigenvalue weighted by Gasteiger charge is -2.33. The second kappa shape index (κ2) is 9.94. The summed E-state index contributed by atoms with van der Waals surface area (Å²) in [5.41, 5.74) is 2.31. The molecule has 0 spiro atoms. The molecule has 0 aromatic heterocycles. The van der Waals surface area contributed by atoms with E-state index in [0.29, 0.717) is 5.92 Å². The Labute approximate surface area is 169 Å². The van der Waals surface area contributed by atoms with E-state index in [0.717, 1.165) is 17.9 Å². The topological polar surface area (TPSA) is 58.9 Å². The minimum Gasteiger partial charge on any atom is -0.491 e. The van der Waals surface area contributed by atoms with Crippen LogP contribution in [0.15, 0.2) is 48.5 Å². The van der Waals surface area contributed by atoms with Gasteiger partial charge in [-0.3, -0.25) is 0 Å². The molecule has 2 aromatic carbocycles. The molecule has 4 heteroatoms. The second-order valence-electron chi connectivity index (χ2n) is 8.30. The Kier molecular flexibility index (Phi) is 7.90. The molecule has 0 bridgehead atoms. The molecule has 28 heavy (non-hydrogen) atoms. The van der Waals surface area contributed by atoms with Gasteiger partial charge in [0.15, 0.2) is 0 Å². The maximum Gasteiger partial charge on any atom is 0.119 e. The highest BCUT2D eigenvalue weighted by atomic mass is 16.5. The van der Waals surface area contributed by atoms with Crippen molar-refractivity contribution in [3.63, 3.8) is 0 Å². The summed E-state index contributed by atoms with van der Waals surface area (Å²) < 4.78 is 11.2. The van der Waals surface area contributed by atoms with Crippen molar-refractivity contribution in [2.75, 3.05) is 13.2 Å². The molecule has 4 nitrogen and oxygen atoms in total. The lowest BCUT2D eigenvalue weighted by Crippen LogP contribution is -2.26. The zero-order valence-electron chi connectivity index (χ0n) is 17.7. The van der Waals surface area contributed by atoms with Crippen LogP contribution in [0.5, 0.6) is 11.5 Å². The molecule has 0 heterocycles. The number of benzene rings is 2. The summed E-state index contributed by atoms with van der Waals surface area (Å²) in [5.74, 6) is 2.05. The molecular formula is C24H34O4. The van der Waals surface area contributed by atoms with E-state index in [4.69, 9.17) is 9.47 Å². The summed E-state index contributed by atoms with van der Waals surface area (Å²) in [6.45, 7) is 10.7. The highest BCUT2D eigenvalue weighted by Gasteiger charge is 2.30. The molecule has 0 aliphatic rings. The van der Waals surface area contributed by atoms with Crippen molar-refractivity contribution in [2.24, 2.45) is 5.92 Å². The number of rotatable bonds is 10. The maximum absolute atomic E-state index is 9.39. The third-order valence-corrected chi connectivity index (χ3v) is 4.78. The third kappa shape index (κ3) is 6.25. The van der Waals surface area contributed by atoms with E-state index >= 15 is 0 Å². The smallest absolute Gasteiger partial charge is 0.119 e.